The van der Waals surface area contributed by atoms with Crippen molar-refractivity contribution in [3.63, 3.8) is 0 Å². The molecule has 0 bridgehead atoms. The third-order valence-electron chi connectivity index (χ3n) is 4.56. The molecule has 0 fully saturated rings. The van der Waals surface area contributed by atoms with Crippen molar-refractivity contribution in [2.45, 2.75) is 98.3 Å². The summed E-state index contributed by atoms with van der Waals surface area (Å²) in [5.41, 5.74) is 0.670. The smallest absolute Gasteiger partial charge is 0.0305 e. The lowest BCUT2D eigenvalue weighted by Crippen LogP contribution is -2.17. The lowest BCUT2D eigenvalue weighted by molar-refractivity contribution is 0.220. The predicted molar refractivity (Wildman–Crippen MR) is 87.2 cm³/mol. The molecule has 0 aromatic carbocycles. The number of unbranched alkanes of at least 4 members (excludes halogenated alkanes) is 6. The lowest BCUT2D eigenvalue weighted by Gasteiger charge is -2.30. The molecule has 0 saturated heterocycles. The van der Waals surface area contributed by atoms with E-state index in [-0.39, 0.29) is 0 Å². The first-order valence-corrected chi connectivity index (χ1v) is 8.24. The summed E-state index contributed by atoms with van der Waals surface area (Å²) in [5.74, 6) is 0. The minimum Gasteiger partial charge on any atom is -0.106 e. The van der Waals surface area contributed by atoms with Crippen LogP contribution >= 0.6 is 0 Å². The Morgan fingerprint density at radius 1 is 0.611 bits per heavy atom. The summed E-state index contributed by atoms with van der Waals surface area (Å²) in [7, 11) is 0. The summed E-state index contributed by atoms with van der Waals surface area (Å²) in [6.45, 7) is 15.4. The van der Waals surface area contributed by atoms with Gasteiger partial charge in [-0.1, -0.05) is 91.9 Å². The SMILES string of the molecule is C=C.CCCCCCCCCC(CC)(CC)CC. The highest BCUT2D eigenvalue weighted by Gasteiger charge is 2.22. The first-order chi connectivity index (χ1) is 8.74. The summed E-state index contributed by atoms with van der Waals surface area (Å²) in [6.07, 6.45) is 15.7. The van der Waals surface area contributed by atoms with Gasteiger partial charge in [-0.15, -0.1) is 13.2 Å². The largest absolute Gasteiger partial charge is 0.106 e. The molecule has 0 aliphatic carbocycles. The maximum absolute atomic E-state index is 3.00. The zero-order valence-electron chi connectivity index (χ0n) is 13.7. The highest BCUT2D eigenvalue weighted by atomic mass is 14.3. The molecule has 0 aliphatic heterocycles. The molecule has 0 unspecified atom stereocenters. The molecular weight excluding hydrogens is 216 g/mol. The van der Waals surface area contributed by atoms with E-state index in [4.69, 9.17) is 0 Å². The fraction of sp³-hybridized carbons (Fsp3) is 0.889. The minimum absolute atomic E-state index is 0.670. The van der Waals surface area contributed by atoms with Gasteiger partial charge in [0.15, 0.2) is 0 Å². The maximum atomic E-state index is 3.00. The van der Waals surface area contributed by atoms with Crippen LogP contribution < -0.4 is 0 Å². The third kappa shape index (κ3) is 9.74. The van der Waals surface area contributed by atoms with E-state index in [1.54, 1.807) is 0 Å². The summed E-state index contributed by atoms with van der Waals surface area (Å²) < 4.78 is 0. The van der Waals surface area contributed by atoms with E-state index in [1.807, 2.05) is 0 Å². The molecule has 0 atom stereocenters. The van der Waals surface area contributed by atoms with Crippen LogP contribution in [0.2, 0.25) is 0 Å². The molecule has 0 spiro atoms. The molecule has 0 aromatic heterocycles. The molecule has 0 aliphatic rings. The van der Waals surface area contributed by atoms with Crippen molar-refractivity contribution in [1.82, 2.24) is 0 Å². The van der Waals surface area contributed by atoms with Gasteiger partial charge >= 0.3 is 0 Å². The monoisotopic (exact) mass is 254 g/mol. The van der Waals surface area contributed by atoms with Gasteiger partial charge in [0.25, 0.3) is 0 Å². The molecule has 0 amide bonds. The molecule has 0 rings (SSSR count). The van der Waals surface area contributed by atoms with Crippen LogP contribution in [0.1, 0.15) is 98.3 Å². The standard InChI is InChI=1S/C16H34.C2H4/c1-5-9-10-11-12-13-14-15-16(6-2,7-3)8-4;1-2/h5-15H2,1-4H3;1-2H2. The van der Waals surface area contributed by atoms with Crippen molar-refractivity contribution < 1.29 is 0 Å². The van der Waals surface area contributed by atoms with E-state index in [1.165, 1.54) is 70.6 Å². The van der Waals surface area contributed by atoms with E-state index in [9.17, 15) is 0 Å². The summed E-state index contributed by atoms with van der Waals surface area (Å²) >= 11 is 0. The minimum atomic E-state index is 0.670. The van der Waals surface area contributed by atoms with Gasteiger partial charge in [0, 0.05) is 0 Å². The highest BCUT2D eigenvalue weighted by Crippen LogP contribution is 2.36. The van der Waals surface area contributed by atoms with Gasteiger partial charge in [0.05, 0.1) is 0 Å². The number of hydrogen-bond acceptors (Lipinski definition) is 0. The first kappa shape index (κ1) is 20.1. The Kier molecular flexibility index (Phi) is 16.5. The fourth-order valence-corrected chi connectivity index (χ4v) is 2.74. The number of rotatable bonds is 11. The molecule has 0 N–H and O–H groups in total. The van der Waals surface area contributed by atoms with Crippen molar-refractivity contribution >= 4 is 0 Å². The van der Waals surface area contributed by atoms with Gasteiger partial charge in [-0.3, -0.25) is 0 Å². The predicted octanol–water partition coefficient (Wildman–Crippen LogP) is 7.15. The van der Waals surface area contributed by atoms with Crippen molar-refractivity contribution in [3.8, 4) is 0 Å². The molecule has 0 heteroatoms. The molecule has 18 heavy (non-hydrogen) atoms. The molecule has 0 nitrogen and oxygen atoms in total. The van der Waals surface area contributed by atoms with Gasteiger partial charge in [-0.25, -0.2) is 0 Å². The van der Waals surface area contributed by atoms with Crippen LogP contribution in [0, 0.1) is 5.41 Å². The normalized spacial score (nSPS) is 10.9. The second-order valence-corrected chi connectivity index (χ2v) is 5.43. The topological polar surface area (TPSA) is 0 Å². The Labute approximate surface area is 117 Å². The summed E-state index contributed by atoms with van der Waals surface area (Å²) in [6, 6.07) is 0. The van der Waals surface area contributed by atoms with Crippen molar-refractivity contribution in [3.05, 3.63) is 13.2 Å². The molecule has 0 radical (unpaired) electrons. The molecular formula is C18H38. The quantitative estimate of drug-likeness (QED) is 0.271. The van der Waals surface area contributed by atoms with Gasteiger partial charge in [0.1, 0.15) is 0 Å². The van der Waals surface area contributed by atoms with Crippen molar-refractivity contribution in [2.24, 2.45) is 5.41 Å². The zero-order valence-corrected chi connectivity index (χ0v) is 13.7. The Morgan fingerprint density at radius 2 is 1.00 bits per heavy atom. The zero-order chi connectivity index (χ0) is 14.3. The van der Waals surface area contributed by atoms with Crippen molar-refractivity contribution in [1.29, 1.82) is 0 Å². The van der Waals surface area contributed by atoms with Gasteiger partial charge in [-0.2, -0.15) is 0 Å². The summed E-state index contributed by atoms with van der Waals surface area (Å²) in [4.78, 5) is 0. The summed E-state index contributed by atoms with van der Waals surface area (Å²) in [5, 5.41) is 0. The fourth-order valence-electron chi connectivity index (χ4n) is 2.74. The van der Waals surface area contributed by atoms with Gasteiger partial charge in [0.2, 0.25) is 0 Å². The maximum Gasteiger partial charge on any atom is -0.0305 e. The van der Waals surface area contributed by atoms with Gasteiger partial charge < -0.3 is 0 Å². The van der Waals surface area contributed by atoms with Crippen LogP contribution in [0.4, 0.5) is 0 Å². The van der Waals surface area contributed by atoms with Crippen LogP contribution in [0.3, 0.4) is 0 Å². The van der Waals surface area contributed by atoms with E-state index in [0.717, 1.165) is 0 Å². The van der Waals surface area contributed by atoms with E-state index >= 15 is 0 Å². The van der Waals surface area contributed by atoms with Crippen LogP contribution in [0.25, 0.3) is 0 Å². The Balaban J connectivity index is 0. The molecule has 110 valence electrons. The van der Waals surface area contributed by atoms with Crippen LogP contribution in [-0.2, 0) is 0 Å². The van der Waals surface area contributed by atoms with Crippen molar-refractivity contribution in [2.75, 3.05) is 0 Å². The second-order valence-electron chi connectivity index (χ2n) is 5.43. The Morgan fingerprint density at radius 3 is 1.39 bits per heavy atom. The average Bonchev–Trinajstić information content (AvgIpc) is 2.45. The van der Waals surface area contributed by atoms with E-state index < -0.39 is 0 Å². The average molecular weight is 255 g/mol. The van der Waals surface area contributed by atoms with Crippen LogP contribution in [0.5, 0.6) is 0 Å². The van der Waals surface area contributed by atoms with Gasteiger partial charge in [-0.05, 0) is 11.8 Å². The lowest BCUT2D eigenvalue weighted by atomic mass is 9.75. The Hall–Kier alpha value is -0.260. The molecule has 0 aromatic rings. The van der Waals surface area contributed by atoms with E-state index in [0.29, 0.717) is 5.41 Å². The molecule has 0 heterocycles. The second kappa shape index (κ2) is 14.8. The third-order valence-corrected chi connectivity index (χ3v) is 4.56. The molecule has 0 saturated carbocycles. The highest BCUT2D eigenvalue weighted by molar-refractivity contribution is 4.74. The van der Waals surface area contributed by atoms with E-state index in [2.05, 4.69) is 40.9 Å². The Bertz CT molecular complexity index is 136. The first-order valence-electron chi connectivity index (χ1n) is 8.24. The van der Waals surface area contributed by atoms with Crippen LogP contribution in [-0.4, -0.2) is 0 Å². The number of hydrogen-bond donors (Lipinski definition) is 0. The van der Waals surface area contributed by atoms with Crippen LogP contribution in [0.15, 0.2) is 13.2 Å².